The molecule has 0 aliphatic heterocycles. The fourth-order valence-electron chi connectivity index (χ4n) is 2.37. The minimum absolute atomic E-state index is 0.253. The maximum absolute atomic E-state index is 12.4. The molecule has 0 aliphatic rings. The van der Waals surface area contributed by atoms with E-state index in [1.54, 1.807) is 54.4 Å². The van der Waals surface area contributed by atoms with Crippen LogP contribution in [0.25, 0.3) is 0 Å². The van der Waals surface area contributed by atoms with Gasteiger partial charge in [-0.05, 0) is 60.4 Å². The molecule has 2 aromatic carbocycles. The van der Waals surface area contributed by atoms with Crippen LogP contribution in [0.2, 0.25) is 0 Å². The van der Waals surface area contributed by atoms with Gasteiger partial charge in [-0.25, -0.2) is 8.42 Å². The molecule has 0 saturated carbocycles. The van der Waals surface area contributed by atoms with Gasteiger partial charge in [0, 0.05) is 28.9 Å². The largest absolute Gasteiger partial charge is 0.280 e. The summed E-state index contributed by atoms with van der Waals surface area (Å²) in [7, 11) is -3.58. The van der Waals surface area contributed by atoms with E-state index >= 15 is 0 Å². The van der Waals surface area contributed by atoms with Crippen molar-refractivity contribution in [1.29, 1.82) is 0 Å². The van der Waals surface area contributed by atoms with E-state index in [0.29, 0.717) is 12.1 Å². The summed E-state index contributed by atoms with van der Waals surface area (Å²) >= 11 is 1.57. The van der Waals surface area contributed by atoms with Crippen LogP contribution in [0.5, 0.6) is 0 Å². The zero-order valence-electron chi connectivity index (χ0n) is 13.7. The van der Waals surface area contributed by atoms with Crippen LogP contribution in [0.4, 0.5) is 5.69 Å². The lowest BCUT2D eigenvalue weighted by Gasteiger charge is -2.09. The lowest BCUT2D eigenvalue weighted by atomic mass is 10.1. The highest BCUT2D eigenvalue weighted by Crippen LogP contribution is 2.20. The number of sulfonamides is 1. The number of anilines is 1. The van der Waals surface area contributed by atoms with Crippen LogP contribution in [-0.4, -0.2) is 19.7 Å². The summed E-state index contributed by atoms with van der Waals surface area (Å²) < 4.78 is 27.5. The maximum atomic E-state index is 12.4. The molecular formula is C19H18N2O2S2. The van der Waals surface area contributed by atoms with Crippen LogP contribution in [0, 0.1) is 0 Å². The second-order valence-electron chi connectivity index (χ2n) is 5.48. The SMILES string of the molecule is CSc1ccc(S(=O)(=O)Nc2ccc(Cc3ccccn3)cc2)cc1. The van der Waals surface area contributed by atoms with Crippen molar-refractivity contribution in [2.45, 2.75) is 16.2 Å². The first-order valence-electron chi connectivity index (χ1n) is 7.72. The number of rotatable bonds is 6. The molecule has 0 atom stereocenters. The number of aromatic nitrogens is 1. The summed E-state index contributed by atoms with van der Waals surface area (Å²) in [5.74, 6) is 0. The van der Waals surface area contributed by atoms with Gasteiger partial charge in [-0.3, -0.25) is 9.71 Å². The third kappa shape index (κ3) is 4.61. The summed E-state index contributed by atoms with van der Waals surface area (Å²) in [6.45, 7) is 0. The number of hydrogen-bond acceptors (Lipinski definition) is 4. The molecule has 0 saturated heterocycles. The van der Waals surface area contributed by atoms with E-state index in [4.69, 9.17) is 0 Å². The fourth-order valence-corrected chi connectivity index (χ4v) is 3.84. The van der Waals surface area contributed by atoms with Gasteiger partial charge in [0.1, 0.15) is 0 Å². The summed E-state index contributed by atoms with van der Waals surface area (Å²) in [6, 6.07) is 20.0. The average Bonchev–Trinajstić information content (AvgIpc) is 2.64. The lowest BCUT2D eigenvalue weighted by molar-refractivity contribution is 0.601. The first kappa shape index (κ1) is 17.5. The van der Waals surface area contributed by atoms with Crippen LogP contribution in [0.15, 0.2) is 82.7 Å². The molecule has 3 aromatic rings. The van der Waals surface area contributed by atoms with Crippen LogP contribution in [0.3, 0.4) is 0 Å². The summed E-state index contributed by atoms with van der Waals surface area (Å²) in [4.78, 5) is 5.57. The minimum atomic E-state index is -3.58. The first-order valence-corrected chi connectivity index (χ1v) is 10.4. The van der Waals surface area contributed by atoms with Gasteiger partial charge in [0.25, 0.3) is 10.0 Å². The van der Waals surface area contributed by atoms with E-state index in [9.17, 15) is 8.42 Å². The topological polar surface area (TPSA) is 59.1 Å². The Balaban J connectivity index is 1.71. The van der Waals surface area contributed by atoms with Gasteiger partial charge < -0.3 is 0 Å². The van der Waals surface area contributed by atoms with Gasteiger partial charge in [-0.15, -0.1) is 11.8 Å². The predicted octanol–water partition coefficient (Wildman–Crippen LogP) is 4.20. The van der Waals surface area contributed by atoms with Crippen molar-refractivity contribution in [3.05, 3.63) is 84.2 Å². The Kier molecular flexibility index (Phi) is 5.40. The van der Waals surface area contributed by atoms with Gasteiger partial charge in [-0.2, -0.15) is 0 Å². The van der Waals surface area contributed by atoms with Crippen molar-refractivity contribution in [2.75, 3.05) is 11.0 Å². The van der Waals surface area contributed by atoms with Crippen molar-refractivity contribution >= 4 is 27.5 Å². The van der Waals surface area contributed by atoms with Crippen molar-refractivity contribution < 1.29 is 8.42 Å². The Bertz CT molecular complexity index is 923. The molecule has 0 fully saturated rings. The third-order valence-corrected chi connectivity index (χ3v) is 5.83. The van der Waals surface area contributed by atoms with Gasteiger partial charge in [-0.1, -0.05) is 18.2 Å². The molecule has 0 radical (unpaired) electrons. The number of pyridine rings is 1. The monoisotopic (exact) mass is 370 g/mol. The Hall–Kier alpha value is -2.31. The van der Waals surface area contributed by atoms with Gasteiger partial charge >= 0.3 is 0 Å². The van der Waals surface area contributed by atoms with Gasteiger partial charge in [0.2, 0.25) is 0 Å². The second kappa shape index (κ2) is 7.72. The fraction of sp³-hybridized carbons (Fsp3) is 0.105. The Morgan fingerprint density at radius 3 is 2.28 bits per heavy atom. The summed E-state index contributed by atoms with van der Waals surface area (Å²) in [6.07, 6.45) is 4.43. The molecule has 3 rings (SSSR count). The van der Waals surface area contributed by atoms with E-state index in [1.807, 2.05) is 36.6 Å². The molecule has 1 heterocycles. The number of benzene rings is 2. The molecule has 6 heteroatoms. The Morgan fingerprint density at radius 2 is 1.68 bits per heavy atom. The normalized spacial score (nSPS) is 11.2. The van der Waals surface area contributed by atoms with Crippen LogP contribution in [-0.2, 0) is 16.4 Å². The van der Waals surface area contributed by atoms with Crippen LogP contribution < -0.4 is 4.72 Å². The zero-order valence-corrected chi connectivity index (χ0v) is 15.3. The number of nitrogens with one attached hydrogen (secondary N) is 1. The summed E-state index contributed by atoms with van der Waals surface area (Å²) in [5.41, 5.74) is 2.59. The van der Waals surface area contributed by atoms with Crippen molar-refractivity contribution in [1.82, 2.24) is 4.98 Å². The van der Waals surface area contributed by atoms with Crippen molar-refractivity contribution in [2.24, 2.45) is 0 Å². The quantitative estimate of drug-likeness (QED) is 0.661. The standard InChI is InChI=1S/C19H18N2O2S2/c1-24-18-9-11-19(12-10-18)25(22,23)21-16-7-5-15(6-8-16)14-17-4-2-3-13-20-17/h2-13,21H,14H2,1H3. The number of hydrogen-bond donors (Lipinski definition) is 1. The molecule has 0 spiro atoms. The van der Waals surface area contributed by atoms with Crippen molar-refractivity contribution in [3.63, 3.8) is 0 Å². The van der Waals surface area contributed by atoms with E-state index in [-0.39, 0.29) is 4.90 Å². The lowest BCUT2D eigenvalue weighted by Crippen LogP contribution is -2.12. The maximum Gasteiger partial charge on any atom is 0.261 e. The Morgan fingerprint density at radius 1 is 0.960 bits per heavy atom. The van der Waals surface area contributed by atoms with E-state index in [1.165, 1.54) is 0 Å². The van der Waals surface area contributed by atoms with Gasteiger partial charge in [0.05, 0.1) is 4.90 Å². The highest BCUT2D eigenvalue weighted by Gasteiger charge is 2.14. The molecule has 25 heavy (non-hydrogen) atoms. The Labute approximate surface area is 152 Å². The van der Waals surface area contributed by atoms with Gasteiger partial charge in [0.15, 0.2) is 0 Å². The highest BCUT2D eigenvalue weighted by atomic mass is 32.2. The van der Waals surface area contributed by atoms with Crippen molar-refractivity contribution in [3.8, 4) is 0 Å². The molecule has 0 amide bonds. The first-order chi connectivity index (χ1) is 12.1. The molecule has 0 bridgehead atoms. The highest BCUT2D eigenvalue weighted by molar-refractivity contribution is 7.98. The van der Waals surface area contributed by atoms with E-state index < -0.39 is 10.0 Å². The molecule has 1 N–H and O–H groups in total. The zero-order chi connectivity index (χ0) is 17.7. The van der Waals surface area contributed by atoms with Crippen LogP contribution >= 0.6 is 11.8 Å². The number of nitrogens with zero attached hydrogens (tertiary/aromatic N) is 1. The van der Waals surface area contributed by atoms with E-state index in [2.05, 4.69) is 9.71 Å². The summed E-state index contributed by atoms with van der Waals surface area (Å²) in [5, 5.41) is 0. The van der Waals surface area contributed by atoms with E-state index in [0.717, 1.165) is 16.2 Å². The average molecular weight is 370 g/mol. The second-order valence-corrected chi connectivity index (χ2v) is 8.04. The predicted molar refractivity (Wildman–Crippen MR) is 103 cm³/mol. The molecule has 1 aromatic heterocycles. The molecule has 128 valence electrons. The molecule has 4 nitrogen and oxygen atoms in total. The third-order valence-electron chi connectivity index (χ3n) is 3.69. The molecule has 0 aliphatic carbocycles. The molecule has 0 unspecified atom stereocenters. The smallest absolute Gasteiger partial charge is 0.261 e. The molecular weight excluding hydrogens is 352 g/mol. The number of thioether (sulfide) groups is 1. The minimum Gasteiger partial charge on any atom is -0.280 e. The van der Waals surface area contributed by atoms with Crippen LogP contribution in [0.1, 0.15) is 11.3 Å².